The molecule has 0 aromatic carbocycles. The summed E-state index contributed by atoms with van der Waals surface area (Å²) in [6.07, 6.45) is 43.7. The predicted molar refractivity (Wildman–Crippen MR) is 361 cm³/mol. The van der Waals surface area contributed by atoms with Crippen molar-refractivity contribution in [2.45, 2.75) is 339 Å². The van der Waals surface area contributed by atoms with E-state index in [0.29, 0.717) is 62.1 Å². The summed E-state index contributed by atoms with van der Waals surface area (Å²) in [7, 11) is 0. The fraction of sp³-hybridized carbons (Fsp3) is 0.926. The molecule has 12 aliphatic rings. The Morgan fingerprint density at radius 3 is 1.26 bits per heavy atom. The molecule has 0 bridgehead atoms. The predicted octanol–water partition coefficient (Wildman–Crippen LogP) is 19.2. The smallest absolute Gasteiger partial charge is 0.0653 e. The van der Waals surface area contributed by atoms with Gasteiger partial charge in [0, 0.05) is 0 Å². The largest absolute Gasteiger partial charge is 0.393 e. The zero-order chi connectivity index (χ0) is 63.0. The van der Waals surface area contributed by atoms with Crippen molar-refractivity contribution in [2.75, 3.05) is 0 Å². The minimum atomic E-state index is -0.514. The average Bonchev–Trinajstić information content (AvgIpc) is 1.78. The molecule has 26 atom stereocenters. The Balaban J connectivity index is 0.000000144. The van der Waals surface area contributed by atoms with E-state index in [4.69, 9.17) is 0 Å². The number of rotatable bonds is 15. The van der Waals surface area contributed by atoms with E-state index in [-0.39, 0.29) is 30.5 Å². The Labute approximate surface area is 535 Å². The highest BCUT2D eigenvalue weighted by Crippen LogP contribution is 2.71. The average molecular weight is 1210 g/mol. The van der Waals surface area contributed by atoms with Crippen LogP contribution in [0.2, 0.25) is 0 Å². The van der Waals surface area contributed by atoms with Gasteiger partial charge in [0.1, 0.15) is 0 Å². The lowest BCUT2D eigenvalue weighted by molar-refractivity contribution is -0.105. The van der Waals surface area contributed by atoms with Crippen LogP contribution in [0.5, 0.6) is 0 Å². The van der Waals surface area contributed by atoms with Gasteiger partial charge in [-0.15, -0.1) is 0 Å². The molecule has 87 heavy (non-hydrogen) atoms. The van der Waals surface area contributed by atoms with E-state index in [2.05, 4.69) is 122 Å². The molecular formula is C81H138O6. The second-order valence-electron chi connectivity index (χ2n) is 37.0. The molecule has 0 heterocycles. The van der Waals surface area contributed by atoms with Gasteiger partial charge in [-0.3, -0.25) is 0 Å². The van der Waals surface area contributed by atoms with Gasteiger partial charge in [0.15, 0.2) is 0 Å². The molecule has 6 heteroatoms. The lowest BCUT2D eigenvalue weighted by atomic mass is 9.46. The summed E-state index contributed by atoms with van der Waals surface area (Å²) in [5.74, 6) is 12.3. The van der Waals surface area contributed by atoms with Crippen molar-refractivity contribution in [3.05, 3.63) is 34.9 Å². The van der Waals surface area contributed by atoms with Crippen molar-refractivity contribution in [3.8, 4) is 0 Å². The maximum Gasteiger partial charge on any atom is 0.0653 e. The molecular weight excluding hydrogens is 1070 g/mol. The molecule has 6 N–H and O–H groups in total. The van der Waals surface area contributed by atoms with Crippen LogP contribution in [0.4, 0.5) is 0 Å². The van der Waals surface area contributed by atoms with E-state index in [0.717, 1.165) is 142 Å². The summed E-state index contributed by atoms with van der Waals surface area (Å²) in [5.41, 5.74) is 6.45. The number of aliphatic hydroxyl groups is 6. The Kier molecular flexibility index (Phi) is 21.1. The maximum atomic E-state index is 11.6. The van der Waals surface area contributed by atoms with Crippen molar-refractivity contribution in [1.29, 1.82) is 0 Å². The van der Waals surface area contributed by atoms with Gasteiger partial charge in [-0.2, -0.15) is 0 Å². The van der Waals surface area contributed by atoms with E-state index < -0.39 is 5.60 Å². The summed E-state index contributed by atoms with van der Waals surface area (Å²) in [6.45, 7) is 35.7. The van der Waals surface area contributed by atoms with Crippen molar-refractivity contribution in [1.82, 2.24) is 0 Å². The Morgan fingerprint density at radius 1 is 0.437 bits per heavy atom. The molecule has 0 saturated heterocycles. The van der Waals surface area contributed by atoms with Crippen LogP contribution in [0.15, 0.2) is 34.9 Å². The van der Waals surface area contributed by atoms with Crippen molar-refractivity contribution in [3.63, 3.8) is 0 Å². The van der Waals surface area contributed by atoms with E-state index in [1.807, 2.05) is 0 Å². The maximum absolute atomic E-state index is 11.6. The zero-order valence-corrected chi connectivity index (χ0v) is 59.0. The van der Waals surface area contributed by atoms with Gasteiger partial charge in [-0.1, -0.05) is 145 Å². The standard InChI is InChI=1S/3C27H46O2/c1-17(2)25(29)11-6-18(3)22-9-10-23-21-8-7-19-16-20(28)12-14-26(19,4)24(21)13-15-27(22,23)5;1-17(2)6-11-25(29)18(3)22-9-10-23-21-8-7-19-16-20(28)12-14-26(19,4)24(21)13-15-27(22,23)5;1-18(2)7-6-14-27(5,29)24-11-10-22-21-9-8-19-17-20(28)12-15-25(19,3)23(21)13-16-26(22,24)4/h2*7,17-18,20-25,28-29H,6,8-16H2,1-5H3;8,18,20-24,28-29H,6-7,9-17H2,1-5H3/t18-,20+,21+,22-,23+,24+,25+,26+,27-;18-,20-,21-,22+,23-,24-,25?,26-,27+;20-,21-,22-,23-,24-,25-,26-,27+/m100/s1. The zero-order valence-electron chi connectivity index (χ0n) is 59.0. The van der Waals surface area contributed by atoms with Crippen molar-refractivity contribution >= 4 is 0 Å². The minimum absolute atomic E-state index is 0.0994. The van der Waals surface area contributed by atoms with Crippen molar-refractivity contribution < 1.29 is 30.6 Å². The van der Waals surface area contributed by atoms with Gasteiger partial charge in [-0.05, 0) is 326 Å². The molecule has 0 aromatic rings. The molecule has 0 radical (unpaired) electrons. The molecule has 0 aliphatic heterocycles. The minimum Gasteiger partial charge on any atom is -0.393 e. The normalized spacial score (nSPS) is 46.5. The van der Waals surface area contributed by atoms with Gasteiger partial charge < -0.3 is 30.6 Å². The van der Waals surface area contributed by atoms with Crippen LogP contribution in [0.3, 0.4) is 0 Å². The molecule has 0 amide bonds. The van der Waals surface area contributed by atoms with Gasteiger partial charge in [0.2, 0.25) is 0 Å². The quantitative estimate of drug-likeness (QED) is 0.0909. The van der Waals surface area contributed by atoms with Crippen LogP contribution in [-0.2, 0) is 0 Å². The number of hydrogen-bond donors (Lipinski definition) is 6. The number of aliphatic hydroxyl groups excluding tert-OH is 5. The highest BCUT2D eigenvalue weighted by molar-refractivity contribution is 5.28. The molecule has 12 rings (SSSR count). The molecule has 9 fully saturated rings. The third-order valence-electron chi connectivity index (χ3n) is 31.3. The van der Waals surface area contributed by atoms with Gasteiger partial charge in [0.05, 0.1) is 36.1 Å². The highest BCUT2D eigenvalue weighted by Gasteiger charge is 2.64. The molecule has 6 nitrogen and oxygen atoms in total. The van der Waals surface area contributed by atoms with Crippen LogP contribution in [0, 0.1) is 133 Å². The first kappa shape index (κ1) is 68.8. The Morgan fingerprint density at radius 2 is 0.828 bits per heavy atom. The van der Waals surface area contributed by atoms with Gasteiger partial charge in [0.25, 0.3) is 0 Å². The second-order valence-corrected chi connectivity index (χ2v) is 37.0. The number of fused-ring (bicyclic) bond motifs is 15. The number of hydrogen-bond acceptors (Lipinski definition) is 6. The molecule has 12 aliphatic carbocycles. The SMILES string of the molecule is CC(C)CCC(O)[C@@H](C)[C@H]1CC[C@H]2[C@@H]3CC=C4C[C@@H](O)CC[C@]4(C)[C@H]3CC[C@]12C.CC(C)CCC[C@@](C)(O)[C@H]1CC[C@H]2[C@@H]3CC=C4C[C@@H](O)CC[C@]4(C)[C@H]3CC[C@@]21C.CC(C)[C@@H](O)CC[C@@H](C)[C@H]1CC[C@H]2[C@@H]3CC=C4C[C@@H](O)CC[C@]4(C)[C@H]3CC[C@]12C. The van der Waals surface area contributed by atoms with E-state index in [1.165, 1.54) is 128 Å². The van der Waals surface area contributed by atoms with Crippen LogP contribution in [0.1, 0.15) is 303 Å². The van der Waals surface area contributed by atoms with Gasteiger partial charge in [-0.25, -0.2) is 0 Å². The highest BCUT2D eigenvalue weighted by atomic mass is 16.3. The Hall–Kier alpha value is -1.02. The summed E-state index contributed by atoms with van der Waals surface area (Å²) in [5, 5.41) is 63.4. The first-order chi connectivity index (χ1) is 40.9. The lowest BCUT2D eigenvalue weighted by Crippen LogP contribution is -2.53. The van der Waals surface area contributed by atoms with Crippen LogP contribution in [-0.4, -0.2) is 66.8 Å². The van der Waals surface area contributed by atoms with Crippen molar-refractivity contribution in [2.24, 2.45) is 133 Å². The molecule has 0 aromatic heterocycles. The fourth-order valence-electron chi connectivity index (χ4n) is 25.9. The van der Waals surface area contributed by atoms with Crippen LogP contribution < -0.4 is 0 Å². The van der Waals surface area contributed by atoms with E-state index in [9.17, 15) is 30.6 Å². The molecule has 9 saturated carbocycles. The monoisotopic (exact) mass is 1210 g/mol. The second kappa shape index (κ2) is 26.6. The summed E-state index contributed by atoms with van der Waals surface area (Å²) >= 11 is 0. The van der Waals surface area contributed by atoms with E-state index >= 15 is 0 Å². The summed E-state index contributed by atoms with van der Waals surface area (Å²) in [4.78, 5) is 0. The van der Waals surface area contributed by atoms with E-state index in [1.54, 1.807) is 16.7 Å². The van der Waals surface area contributed by atoms with Crippen LogP contribution >= 0.6 is 0 Å². The fourth-order valence-corrected chi connectivity index (χ4v) is 25.9. The van der Waals surface area contributed by atoms with Crippen LogP contribution in [0.25, 0.3) is 0 Å². The molecule has 1 unspecified atom stereocenters. The lowest BCUT2D eigenvalue weighted by Gasteiger charge is -2.59. The number of allylic oxidation sites excluding steroid dienone is 3. The topological polar surface area (TPSA) is 121 Å². The molecule has 498 valence electrons. The third kappa shape index (κ3) is 13.0. The summed E-state index contributed by atoms with van der Waals surface area (Å²) in [6, 6.07) is 0. The molecule has 0 spiro atoms. The Bertz CT molecular complexity index is 2400. The first-order valence-corrected chi connectivity index (χ1v) is 38.1. The third-order valence-corrected chi connectivity index (χ3v) is 31.3. The summed E-state index contributed by atoms with van der Waals surface area (Å²) < 4.78 is 0. The first-order valence-electron chi connectivity index (χ1n) is 38.1. The van der Waals surface area contributed by atoms with Gasteiger partial charge >= 0.3 is 0 Å².